The fourth-order valence-electron chi connectivity index (χ4n) is 3.66. The number of para-hydroxylation sites is 1. The van der Waals surface area contributed by atoms with Gasteiger partial charge < -0.3 is 4.98 Å². The summed E-state index contributed by atoms with van der Waals surface area (Å²) in [6.07, 6.45) is 6.80. The number of H-pyrrole nitrogens is 1. The van der Waals surface area contributed by atoms with Gasteiger partial charge in [0.25, 0.3) is 0 Å². The van der Waals surface area contributed by atoms with Gasteiger partial charge in [0.15, 0.2) is 0 Å². The summed E-state index contributed by atoms with van der Waals surface area (Å²) in [5.41, 5.74) is 5.58. The summed E-state index contributed by atoms with van der Waals surface area (Å²) in [4.78, 5) is 6.03. The molecule has 0 saturated heterocycles. The molecule has 0 fully saturated rings. The van der Waals surface area contributed by atoms with Crippen LogP contribution in [0, 0.1) is 0 Å². The van der Waals surface area contributed by atoms with E-state index in [-0.39, 0.29) is 0 Å². The summed E-state index contributed by atoms with van der Waals surface area (Å²) in [7, 11) is 0. The van der Waals surface area contributed by atoms with Crippen molar-refractivity contribution < 1.29 is 0 Å². The lowest BCUT2D eigenvalue weighted by atomic mass is 9.91. The second-order valence-corrected chi connectivity index (χ2v) is 6.77. The highest BCUT2D eigenvalue weighted by Crippen LogP contribution is 2.27. The molecule has 0 aliphatic heterocycles. The van der Waals surface area contributed by atoms with E-state index in [0.29, 0.717) is 6.04 Å². The van der Waals surface area contributed by atoms with Gasteiger partial charge in [0.05, 0.1) is 0 Å². The molecule has 0 saturated carbocycles. The van der Waals surface area contributed by atoms with Gasteiger partial charge in [-0.15, -0.1) is 0 Å². The lowest BCUT2D eigenvalue weighted by molar-refractivity contribution is 0.201. The van der Waals surface area contributed by atoms with Crippen LogP contribution < -0.4 is 0 Å². The molecule has 1 heterocycles. The zero-order valence-electron chi connectivity index (χ0n) is 14.2. The van der Waals surface area contributed by atoms with Crippen molar-refractivity contribution in [1.29, 1.82) is 0 Å². The quantitative estimate of drug-likeness (QED) is 0.639. The molecule has 1 unspecified atom stereocenters. The Bertz CT molecular complexity index is 845. The van der Waals surface area contributed by atoms with Crippen molar-refractivity contribution in [3.63, 3.8) is 0 Å². The first-order valence-corrected chi connectivity index (χ1v) is 8.81. The SMILES string of the molecule is CC1=CCC1N(CCc1c[nH]c2ccccc12)Cc1ccccc1. The molecule has 1 aliphatic rings. The van der Waals surface area contributed by atoms with E-state index in [4.69, 9.17) is 0 Å². The molecule has 1 aliphatic carbocycles. The monoisotopic (exact) mass is 316 g/mol. The Morgan fingerprint density at radius 1 is 1.04 bits per heavy atom. The zero-order chi connectivity index (χ0) is 16.4. The first-order chi connectivity index (χ1) is 11.8. The predicted octanol–water partition coefficient (Wildman–Crippen LogP) is 4.93. The Balaban J connectivity index is 1.50. The first kappa shape index (κ1) is 15.2. The number of aromatic nitrogens is 1. The molecule has 2 heteroatoms. The molecule has 1 N–H and O–H groups in total. The maximum atomic E-state index is 3.40. The average molecular weight is 316 g/mol. The largest absolute Gasteiger partial charge is 0.361 e. The zero-order valence-corrected chi connectivity index (χ0v) is 14.2. The van der Waals surface area contributed by atoms with Crippen molar-refractivity contribution in [3.05, 3.63) is 83.6 Å². The molecule has 2 nitrogen and oxygen atoms in total. The molecule has 4 rings (SSSR count). The van der Waals surface area contributed by atoms with Gasteiger partial charge in [0.1, 0.15) is 0 Å². The van der Waals surface area contributed by atoms with Gasteiger partial charge in [0.2, 0.25) is 0 Å². The molecule has 3 aromatic rings. The maximum absolute atomic E-state index is 3.40. The second-order valence-electron chi connectivity index (χ2n) is 6.77. The minimum atomic E-state index is 0.607. The number of hydrogen-bond acceptors (Lipinski definition) is 1. The molecular weight excluding hydrogens is 292 g/mol. The number of benzene rings is 2. The van der Waals surface area contributed by atoms with Crippen LogP contribution in [-0.2, 0) is 13.0 Å². The number of nitrogens with one attached hydrogen (secondary N) is 1. The van der Waals surface area contributed by atoms with Crippen molar-refractivity contribution in [2.45, 2.75) is 32.4 Å². The summed E-state index contributed by atoms with van der Waals surface area (Å²) in [6, 6.07) is 20.0. The Kier molecular flexibility index (Phi) is 4.22. The Morgan fingerprint density at radius 3 is 2.58 bits per heavy atom. The Morgan fingerprint density at radius 2 is 1.83 bits per heavy atom. The lowest BCUT2D eigenvalue weighted by Gasteiger charge is -2.37. The van der Waals surface area contributed by atoms with Crippen LogP contribution >= 0.6 is 0 Å². The molecular formula is C22H24N2. The predicted molar refractivity (Wildman–Crippen MR) is 101 cm³/mol. The van der Waals surface area contributed by atoms with Crippen LogP contribution in [0.3, 0.4) is 0 Å². The second kappa shape index (κ2) is 6.66. The van der Waals surface area contributed by atoms with E-state index in [0.717, 1.165) is 19.5 Å². The fraction of sp³-hybridized carbons (Fsp3) is 0.273. The maximum Gasteiger partial charge on any atom is 0.0456 e. The van der Waals surface area contributed by atoms with E-state index in [1.165, 1.54) is 34.0 Å². The Hall–Kier alpha value is -2.32. The van der Waals surface area contributed by atoms with Crippen molar-refractivity contribution in [2.75, 3.05) is 6.54 Å². The van der Waals surface area contributed by atoms with Crippen LogP contribution in [-0.4, -0.2) is 22.5 Å². The lowest BCUT2D eigenvalue weighted by Crippen LogP contribution is -2.40. The smallest absolute Gasteiger partial charge is 0.0456 e. The van der Waals surface area contributed by atoms with Gasteiger partial charge in [-0.1, -0.05) is 60.2 Å². The summed E-state index contributed by atoms with van der Waals surface area (Å²) < 4.78 is 0. The topological polar surface area (TPSA) is 19.0 Å². The molecule has 0 radical (unpaired) electrons. The summed E-state index contributed by atoms with van der Waals surface area (Å²) >= 11 is 0. The standard InChI is InChI=1S/C22H24N2/c1-17-11-12-22(17)24(16-18-7-3-2-4-8-18)14-13-19-15-23-21-10-6-5-9-20(19)21/h2-11,15,22-23H,12-14,16H2,1H3. The van der Waals surface area contributed by atoms with Gasteiger partial charge in [-0.3, -0.25) is 4.90 Å². The van der Waals surface area contributed by atoms with Gasteiger partial charge in [-0.05, 0) is 37.0 Å². The fourth-order valence-corrected chi connectivity index (χ4v) is 3.66. The number of rotatable bonds is 6. The van der Waals surface area contributed by atoms with E-state index in [1.807, 2.05) is 0 Å². The summed E-state index contributed by atoms with van der Waals surface area (Å²) in [5, 5.41) is 1.36. The van der Waals surface area contributed by atoms with Crippen LogP contribution in [0.15, 0.2) is 72.4 Å². The summed E-state index contributed by atoms with van der Waals surface area (Å²) in [6.45, 7) is 4.38. The first-order valence-electron chi connectivity index (χ1n) is 8.81. The highest BCUT2D eigenvalue weighted by atomic mass is 15.2. The van der Waals surface area contributed by atoms with Crippen LogP contribution in [0.2, 0.25) is 0 Å². The third-order valence-electron chi connectivity index (χ3n) is 5.20. The van der Waals surface area contributed by atoms with Gasteiger partial charge in [-0.2, -0.15) is 0 Å². The third kappa shape index (κ3) is 3.02. The number of hydrogen-bond donors (Lipinski definition) is 1. The van der Waals surface area contributed by atoms with Crippen LogP contribution in [0.4, 0.5) is 0 Å². The van der Waals surface area contributed by atoms with E-state index in [1.54, 1.807) is 0 Å². The average Bonchev–Trinajstić information content (AvgIpc) is 3.02. The van der Waals surface area contributed by atoms with Crippen molar-refractivity contribution in [3.8, 4) is 0 Å². The van der Waals surface area contributed by atoms with Crippen LogP contribution in [0.5, 0.6) is 0 Å². The highest BCUT2D eigenvalue weighted by molar-refractivity contribution is 5.83. The summed E-state index contributed by atoms with van der Waals surface area (Å²) in [5.74, 6) is 0. The van der Waals surface area contributed by atoms with Crippen molar-refractivity contribution in [1.82, 2.24) is 9.88 Å². The van der Waals surface area contributed by atoms with Crippen molar-refractivity contribution >= 4 is 10.9 Å². The van der Waals surface area contributed by atoms with Gasteiger partial charge >= 0.3 is 0 Å². The van der Waals surface area contributed by atoms with E-state index in [9.17, 15) is 0 Å². The van der Waals surface area contributed by atoms with Crippen molar-refractivity contribution in [2.24, 2.45) is 0 Å². The molecule has 0 bridgehead atoms. The number of fused-ring (bicyclic) bond motifs is 1. The van der Waals surface area contributed by atoms with Crippen LogP contribution in [0.1, 0.15) is 24.5 Å². The van der Waals surface area contributed by atoms with E-state index >= 15 is 0 Å². The minimum absolute atomic E-state index is 0.607. The molecule has 24 heavy (non-hydrogen) atoms. The highest BCUT2D eigenvalue weighted by Gasteiger charge is 2.25. The molecule has 122 valence electrons. The van der Waals surface area contributed by atoms with Gasteiger partial charge in [0, 0.05) is 36.2 Å². The normalized spacial score (nSPS) is 17.1. The molecule has 0 amide bonds. The molecule has 2 aromatic carbocycles. The third-order valence-corrected chi connectivity index (χ3v) is 5.20. The minimum Gasteiger partial charge on any atom is -0.361 e. The number of nitrogens with zero attached hydrogens (tertiary/aromatic N) is 1. The molecule has 1 aromatic heterocycles. The van der Waals surface area contributed by atoms with E-state index < -0.39 is 0 Å². The molecule has 1 atom stereocenters. The molecule has 0 spiro atoms. The number of aromatic amines is 1. The van der Waals surface area contributed by atoms with Crippen LogP contribution in [0.25, 0.3) is 10.9 Å². The van der Waals surface area contributed by atoms with Gasteiger partial charge in [-0.25, -0.2) is 0 Å². The van der Waals surface area contributed by atoms with E-state index in [2.05, 4.69) is 83.7 Å². The Labute approximate surface area is 143 Å².